The number of rotatable bonds is 5. The Bertz CT molecular complexity index is 476. The van der Waals surface area contributed by atoms with Gasteiger partial charge in [-0.05, 0) is 25.5 Å². The van der Waals surface area contributed by atoms with Crippen LogP contribution in [0.4, 0.5) is 4.39 Å². The van der Waals surface area contributed by atoms with E-state index in [9.17, 15) is 14.0 Å². The van der Waals surface area contributed by atoms with Crippen molar-refractivity contribution in [3.63, 3.8) is 0 Å². The number of ether oxygens (including phenoxy) is 1. The minimum absolute atomic E-state index is 0.0891. The molecule has 0 saturated carbocycles. The lowest BCUT2D eigenvalue weighted by Crippen LogP contribution is -2.52. The van der Waals surface area contributed by atoms with E-state index >= 15 is 0 Å². The van der Waals surface area contributed by atoms with Gasteiger partial charge in [-0.1, -0.05) is 25.5 Å². The molecular formula is C14H18FNO3. The topological polar surface area (TPSA) is 55.4 Å². The minimum atomic E-state index is -1.15. The molecule has 1 unspecified atom stereocenters. The van der Waals surface area contributed by atoms with Crippen LogP contribution >= 0.6 is 0 Å². The summed E-state index contributed by atoms with van der Waals surface area (Å²) < 4.78 is 18.2. The molecule has 0 aliphatic heterocycles. The van der Waals surface area contributed by atoms with Crippen molar-refractivity contribution in [2.75, 3.05) is 7.11 Å². The van der Waals surface area contributed by atoms with E-state index in [2.05, 4.69) is 10.1 Å². The van der Waals surface area contributed by atoms with Gasteiger partial charge in [0.25, 0.3) is 5.91 Å². The number of hydrogen-bond acceptors (Lipinski definition) is 3. The lowest BCUT2D eigenvalue weighted by molar-refractivity contribution is -0.147. The third kappa shape index (κ3) is 3.53. The van der Waals surface area contributed by atoms with Crippen molar-refractivity contribution in [2.45, 2.75) is 32.2 Å². The fraction of sp³-hybridized carbons (Fsp3) is 0.429. The zero-order valence-electron chi connectivity index (χ0n) is 11.3. The fourth-order valence-corrected chi connectivity index (χ4v) is 1.90. The lowest BCUT2D eigenvalue weighted by Gasteiger charge is -2.27. The largest absolute Gasteiger partial charge is 0.467 e. The number of hydrogen-bond donors (Lipinski definition) is 1. The van der Waals surface area contributed by atoms with Gasteiger partial charge in [-0.2, -0.15) is 0 Å². The smallest absolute Gasteiger partial charge is 0.331 e. The first-order chi connectivity index (χ1) is 8.94. The predicted molar refractivity (Wildman–Crippen MR) is 69.2 cm³/mol. The summed E-state index contributed by atoms with van der Waals surface area (Å²) in [5.41, 5.74) is -1.24. The average molecular weight is 267 g/mol. The summed E-state index contributed by atoms with van der Waals surface area (Å²) >= 11 is 0. The van der Waals surface area contributed by atoms with Crippen LogP contribution in [0.5, 0.6) is 0 Å². The van der Waals surface area contributed by atoms with Crippen LogP contribution in [0.3, 0.4) is 0 Å². The van der Waals surface area contributed by atoms with Crippen LogP contribution in [0, 0.1) is 5.82 Å². The molecule has 1 amide bonds. The Hall–Kier alpha value is -1.91. The summed E-state index contributed by atoms with van der Waals surface area (Å²) in [5.74, 6) is -1.79. The first kappa shape index (κ1) is 15.1. The quantitative estimate of drug-likeness (QED) is 0.833. The highest BCUT2D eigenvalue weighted by atomic mass is 19.1. The molecular weight excluding hydrogens is 249 g/mol. The van der Waals surface area contributed by atoms with Crippen molar-refractivity contribution >= 4 is 11.9 Å². The Balaban J connectivity index is 2.95. The van der Waals surface area contributed by atoms with Crippen LogP contribution in [0.25, 0.3) is 0 Å². The van der Waals surface area contributed by atoms with Gasteiger partial charge in [0.2, 0.25) is 0 Å². The van der Waals surface area contributed by atoms with Gasteiger partial charge >= 0.3 is 5.97 Å². The maximum Gasteiger partial charge on any atom is 0.331 e. The van der Waals surface area contributed by atoms with Gasteiger partial charge in [0.15, 0.2) is 0 Å². The van der Waals surface area contributed by atoms with Crippen LogP contribution in [-0.2, 0) is 9.53 Å². The molecule has 0 bridgehead atoms. The molecule has 1 atom stereocenters. The Labute approximate surface area is 112 Å². The van der Waals surface area contributed by atoms with Gasteiger partial charge in [-0.15, -0.1) is 0 Å². The Morgan fingerprint density at radius 2 is 2.00 bits per heavy atom. The second-order valence-corrected chi connectivity index (χ2v) is 4.51. The number of methoxy groups -OCH3 is 1. The maximum atomic E-state index is 13.5. The zero-order chi connectivity index (χ0) is 14.5. The Morgan fingerprint density at radius 1 is 1.37 bits per heavy atom. The van der Waals surface area contributed by atoms with E-state index in [1.807, 2.05) is 6.92 Å². The molecule has 1 rings (SSSR count). The first-order valence-electron chi connectivity index (χ1n) is 6.10. The van der Waals surface area contributed by atoms with E-state index in [-0.39, 0.29) is 5.56 Å². The van der Waals surface area contributed by atoms with Gasteiger partial charge < -0.3 is 10.1 Å². The van der Waals surface area contributed by atoms with Crippen molar-refractivity contribution < 1.29 is 18.7 Å². The number of amides is 1. The fourth-order valence-electron chi connectivity index (χ4n) is 1.90. The van der Waals surface area contributed by atoms with E-state index in [0.29, 0.717) is 12.8 Å². The Kier molecular flexibility index (Phi) is 5.03. The number of halogens is 1. The summed E-state index contributed by atoms with van der Waals surface area (Å²) in [7, 11) is 1.26. The van der Waals surface area contributed by atoms with Gasteiger partial charge in [0, 0.05) is 0 Å². The SMILES string of the molecule is CCCC(C)(NC(=O)c1ccccc1F)C(=O)OC. The number of esters is 1. The normalized spacial score (nSPS) is 13.5. The molecule has 1 aromatic rings. The van der Waals surface area contributed by atoms with Crippen LogP contribution in [-0.4, -0.2) is 24.5 Å². The highest BCUT2D eigenvalue weighted by molar-refractivity contribution is 5.98. The van der Waals surface area contributed by atoms with Crippen molar-refractivity contribution in [1.82, 2.24) is 5.32 Å². The lowest BCUT2D eigenvalue weighted by atomic mass is 9.95. The van der Waals surface area contributed by atoms with Gasteiger partial charge in [0.05, 0.1) is 12.7 Å². The summed E-state index contributed by atoms with van der Waals surface area (Å²) in [6.45, 7) is 3.46. The van der Waals surface area contributed by atoms with Crippen LogP contribution in [0.2, 0.25) is 0 Å². The molecule has 19 heavy (non-hydrogen) atoms. The summed E-state index contributed by atoms with van der Waals surface area (Å²) in [4.78, 5) is 23.8. The summed E-state index contributed by atoms with van der Waals surface area (Å²) in [6.07, 6.45) is 1.10. The van der Waals surface area contributed by atoms with Crippen LogP contribution in [0.1, 0.15) is 37.0 Å². The molecule has 0 aliphatic rings. The third-order valence-electron chi connectivity index (χ3n) is 2.89. The average Bonchev–Trinajstić information content (AvgIpc) is 2.38. The molecule has 1 N–H and O–H groups in total. The zero-order valence-corrected chi connectivity index (χ0v) is 11.3. The number of nitrogens with one attached hydrogen (secondary N) is 1. The number of carbonyl (C=O) groups excluding carboxylic acids is 2. The number of benzene rings is 1. The second-order valence-electron chi connectivity index (χ2n) is 4.51. The van der Waals surface area contributed by atoms with Crippen molar-refractivity contribution in [2.24, 2.45) is 0 Å². The molecule has 4 nitrogen and oxygen atoms in total. The molecule has 0 aliphatic carbocycles. The summed E-state index contributed by atoms with van der Waals surface area (Å²) in [5, 5.41) is 2.55. The molecule has 104 valence electrons. The van der Waals surface area contributed by atoms with Crippen LogP contribution in [0.15, 0.2) is 24.3 Å². The molecule has 0 radical (unpaired) electrons. The maximum absolute atomic E-state index is 13.5. The standard InChI is InChI=1S/C14H18FNO3/c1-4-9-14(2,13(18)19-3)16-12(17)10-7-5-6-8-11(10)15/h5-8H,4,9H2,1-3H3,(H,16,17). The molecule has 0 fully saturated rings. The van der Waals surface area contributed by atoms with Crippen molar-refractivity contribution in [3.05, 3.63) is 35.6 Å². The third-order valence-corrected chi connectivity index (χ3v) is 2.89. The molecule has 0 aromatic heterocycles. The second kappa shape index (κ2) is 6.31. The van der Waals surface area contributed by atoms with Gasteiger partial charge in [-0.25, -0.2) is 9.18 Å². The van der Waals surface area contributed by atoms with Crippen molar-refractivity contribution in [1.29, 1.82) is 0 Å². The van der Waals surface area contributed by atoms with Gasteiger partial charge in [0.1, 0.15) is 11.4 Å². The van der Waals surface area contributed by atoms with Gasteiger partial charge in [-0.3, -0.25) is 4.79 Å². The molecule has 0 saturated heterocycles. The predicted octanol–water partition coefficient (Wildman–Crippen LogP) is 2.29. The van der Waals surface area contributed by atoms with E-state index in [1.54, 1.807) is 13.0 Å². The monoisotopic (exact) mass is 267 g/mol. The van der Waals surface area contributed by atoms with E-state index in [1.165, 1.54) is 25.3 Å². The number of carbonyl (C=O) groups is 2. The highest BCUT2D eigenvalue weighted by Crippen LogP contribution is 2.16. The summed E-state index contributed by atoms with van der Waals surface area (Å²) in [6, 6.07) is 5.63. The molecule has 0 heterocycles. The van der Waals surface area contributed by atoms with E-state index < -0.39 is 23.2 Å². The minimum Gasteiger partial charge on any atom is -0.467 e. The molecule has 0 spiro atoms. The van der Waals surface area contributed by atoms with E-state index in [4.69, 9.17) is 0 Å². The first-order valence-corrected chi connectivity index (χ1v) is 6.10. The van der Waals surface area contributed by atoms with E-state index in [0.717, 1.165) is 0 Å². The van der Waals surface area contributed by atoms with Crippen molar-refractivity contribution in [3.8, 4) is 0 Å². The Morgan fingerprint density at radius 3 is 2.53 bits per heavy atom. The molecule has 1 aromatic carbocycles. The van der Waals surface area contributed by atoms with Crippen LogP contribution < -0.4 is 5.32 Å². The highest BCUT2D eigenvalue weighted by Gasteiger charge is 2.35. The molecule has 5 heteroatoms.